The van der Waals surface area contributed by atoms with Gasteiger partial charge in [0.1, 0.15) is 0 Å². The molecule has 0 unspecified atom stereocenters. The quantitative estimate of drug-likeness (QED) is 0.112. The van der Waals surface area contributed by atoms with Gasteiger partial charge in [-0.1, -0.05) is 171 Å². The van der Waals surface area contributed by atoms with Gasteiger partial charge in [-0.2, -0.15) is 0 Å². The first-order valence-electron chi connectivity index (χ1n) is 17.4. The van der Waals surface area contributed by atoms with Crippen LogP contribution in [0.1, 0.15) is 18.1 Å². The van der Waals surface area contributed by atoms with E-state index in [2.05, 4.69) is 188 Å². The lowest BCUT2D eigenvalue weighted by Gasteiger charge is -2.26. The average molecular weight is 658 g/mol. The molecule has 0 bridgehead atoms. The van der Waals surface area contributed by atoms with Gasteiger partial charge in [-0.25, -0.2) is 0 Å². The van der Waals surface area contributed by atoms with E-state index in [0.717, 1.165) is 45.8 Å². The minimum Gasteiger partial charge on any atom is -0.311 e. The zero-order valence-electron chi connectivity index (χ0n) is 29.2. The van der Waals surface area contributed by atoms with Gasteiger partial charge in [0.05, 0.1) is 0 Å². The SMILES string of the molecule is C=C/C=C(\C=C/Cc1ccccc1)c1cc(-c2ccccc2)cc(-c2ccc(N(C(=C)/C=C\C=C/C)c3ccc(-c4ccccc4)cc3)cc2)c1. The minimum absolute atomic E-state index is 0.864. The van der Waals surface area contributed by atoms with Crippen LogP contribution in [-0.4, -0.2) is 0 Å². The van der Waals surface area contributed by atoms with Crippen molar-refractivity contribution in [1.82, 2.24) is 0 Å². The van der Waals surface area contributed by atoms with E-state index in [0.29, 0.717) is 0 Å². The maximum Gasteiger partial charge on any atom is 0.0461 e. The van der Waals surface area contributed by atoms with Gasteiger partial charge in [-0.05, 0) is 112 Å². The van der Waals surface area contributed by atoms with Crippen molar-refractivity contribution in [2.45, 2.75) is 13.3 Å². The Morgan fingerprint density at radius 3 is 1.57 bits per heavy atom. The average Bonchev–Trinajstić information content (AvgIpc) is 3.19. The fourth-order valence-corrected chi connectivity index (χ4v) is 6.14. The van der Waals surface area contributed by atoms with Crippen LogP contribution in [0.2, 0.25) is 0 Å². The van der Waals surface area contributed by atoms with Gasteiger partial charge in [0.15, 0.2) is 0 Å². The predicted molar refractivity (Wildman–Crippen MR) is 222 cm³/mol. The maximum absolute atomic E-state index is 4.46. The second-order valence-electron chi connectivity index (χ2n) is 12.3. The van der Waals surface area contributed by atoms with Crippen molar-refractivity contribution in [2.24, 2.45) is 0 Å². The van der Waals surface area contributed by atoms with Gasteiger partial charge in [-0.15, -0.1) is 0 Å². The summed E-state index contributed by atoms with van der Waals surface area (Å²) in [5.74, 6) is 0. The zero-order valence-corrected chi connectivity index (χ0v) is 29.2. The Morgan fingerprint density at radius 1 is 0.549 bits per heavy atom. The van der Waals surface area contributed by atoms with E-state index < -0.39 is 0 Å². The Morgan fingerprint density at radius 2 is 1.04 bits per heavy atom. The molecule has 0 fully saturated rings. The van der Waals surface area contributed by atoms with Crippen LogP contribution in [0, 0.1) is 0 Å². The van der Waals surface area contributed by atoms with E-state index >= 15 is 0 Å². The molecule has 0 aromatic heterocycles. The molecule has 0 saturated heterocycles. The first kappa shape index (κ1) is 34.4. The number of hydrogen-bond acceptors (Lipinski definition) is 1. The summed E-state index contributed by atoms with van der Waals surface area (Å²) in [7, 11) is 0. The molecule has 0 aliphatic rings. The lowest BCUT2D eigenvalue weighted by Crippen LogP contribution is -2.14. The minimum atomic E-state index is 0.864. The van der Waals surface area contributed by atoms with Crippen LogP contribution in [0.4, 0.5) is 11.4 Å². The van der Waals surface area contributed by atoms with E-state index in [1.807, 2.05) is 43.4 Å². The summed E-state index contributed by atoms with van der Waals surface area (Å²) in [5, 5.41) is 0. The van der Waals surface area contributed by atoms with Crippen LogP contribution < -0.4 is 4.90 Å². The molecule has 6 rings (SSSR count). The molecule has 0 aliphatic carbocycles. The maximum atomic E-state index is 4.46. The highest BCUT2D eigenvalue weighted by Gasteiger charge is 2.14. The third-order valence-electron chi connectivity index (χ3n) is 8.74. The Balaban J connectivity index is 1.36. The van der Waals surface area contributed by atoms with Crippen molar-refractivity contribution in [3.63, 3.8) is 0 Å². The fraction of sp³-hybridized carbons (Fsp3) is 0.0400. The molecule has 6 aromatic rings. The summed E-state index contributed by atoms with van der Waals surface area (Å²) in [4.78, 5) is 2.20. The van der Waals surface area contributed by atoms with Gasteiger partial charge in [-0.3, -0.25) is 0 Å². The number of allylic oxidation sites excluding steroid dienone is 9. The van der Waals surface area contributed by atoms with Gasteiger partial charge >= 0.3 is 0 Å². The van der Waals surface area contributed by atoms with Crippen LogP contribution in [0.3, 0.4) is 0 Å². The highest BCUT2D eigenvalue weighted by molar-refractivity contribution is 5.84. The number of nitrogens with zero attached hydrogens (tertiary/aromatic N) is 1. The zero-order chi connectivity index (χ0) is 35.3. The van der Waals surface area contributed by atoms with Crippen molar-refractivity contribution >= 4 is 16.9 Å². The van der Waals surface area contributed by atoms with Crippen LogP contribution in [0.25, 0.3) is 39.0 Å². The number of rotatable bonds is 13. The second-order valence-corrected chi connectivity index (χ2v) is 12.3. The number of anilines is 2. The standard InChI is InChI=1S/C50H43N/c1-4-6-10-19-39(3)51(49-32-28-44(29-33-49)42-23-13-8-14-24-42)50-34-30-45(31-35-50)48-37-46(36-47(38-48)43-25-15-9-16-26-43)41(18-5-2)27-17-22-40-20-11-7-12-21-40/h4-21,23-38H,2-3,22H2,1H3/b6-4-,19-10-,27-17-,41-18+. The summed E-state index contributed by atoms with van der Waals surface area (Å²) in [6, 6.07) is 55.9. The molecular formula is C50H43N. The van der Waals surface area contributed by atoms with E-state index in [-0.39, 0.29) is 0 Å². The molecule has 1 heteroatoms. The van der Waals surface area contributed by atoms with Crippen molar-refractivity contribution in [3.8, 4) is 33.4 Å². The summed E-state index contributed by atoms with van der Waals surface area (Å²) >= 11 is 0. The van der Waals surface area contributed by atoms with Crippen LogP contribution >= 0.6 is 0 Å². The van der Waals surface area contributed by atoms with Crippen LogP contribution in [0.15, 0.2) is 225 Å². The van der Waals surface area contributed by atoms with Gasteiger partial charge < -0.3 is 4.90 Å². The lowest BCUT2D eigenvalue weighted by molar-refractivity contribution is 1.22. The highest BCUT2D eigenvalue weighted by Crippen LogP contribution is 2.36. The highest BCUT2D eigenvalue weighted by atomic mass is 15.1. The van der Waals surface area contributed by atoms with E-state index in [4.69, 9.17) is 0 Å². The smallest absolute Gasteiger partial charge is 0.0461 e. The molecule has 0 saturated carbocycles. The van der Waals surface area contributed by atoms with Crippen molar-refractivity contribution in [2.75, 3.05) is 4.90 Å². The summed E-state index contributed by atoms with van der Waals surface area (Å²) in [5.41, 5.74) is 13.5. The second kappa shape index (κ2) is 17.3. The van der Waals surface area contributed by atoms with E-state index in [1.54, 1.807) is 0 Å². The van der Waals surface area contributed by atoms with Gasteiger partial charge in [0.2, 0.25) is 0 Å². The Hall–Kier alpha value is -6.44. The molecule has 51 heavy (non-hydrogen) atoms. The molecule has 0 aliphatic heterocycles. The molecule has 0 spiro atoms. The largest absolute Gasteiger partial charge is 0.311 e. The third-order valence-corrected chi connectivity index (χ3v) is 8.74. The molecule has 0 atom stereocenters. The Bertz CT molecular complexity index is 2160. The first-order chi connectivity index (χ1) is 25.1. The topological polar surface area (TPSA) is 3.24 Å². The normalized spacial score (nSPS) is 11.7. The van der Waals surface area contributed by atoms with Gasteiger partial charge in [0, 0.05) is 17.1 Å². The monoisotopic (exact) mass is 657 g/mol. The van der Waals surface area contributed by atoms with Crippen molar-refractivity contribution < 1.29 is 0 Å². The molecule has 1 nitrogen and oxygen atoms in total. The number of benzene rings is 6. The molecule has 6 aromatic carbocycles. The Kier molecular flexibility index (Phi) is 11.7. The molecular weight excluding hydrogens is 615 g/mol. The number of hydrogen-bond donors (Lipinski definition) is 0. The van der Waals surface area contributed by atoms with Gasteiger partial charge in [0.25, 0.3) is 0 Å². The molecule has 0 N–H and O–H groups in total. The predicted octanol–water partition coefficient (Wildman–Crippen LogP) is 13.8. The van der Waals surface area contributed by atoms with Crippen LogP contribution in [0.5, 0.6) is 0 Å². The Labute approximate surface area is 303 Å². The van der Waals surface area contributed by atoms with Crippen molar-refractivity contribution in [1.29, 1.82) is 0 Å². The third kappa shape index (κ3) is 8.97. The molecule has 0 heterocycles. The summed E-state index contributed by atoms with van der Waals surface area (Å²) in [6.45, 7) is 10.5. The summed E-state index contributed by atoms with van der Waals surface area (Å²) < 4.78 is 0. The molecule has 0 amide bonds. The van der Waals surface area contributed by atoms with Crippen molar-refractivity contribution in [3.05, 3.63) is 236 Å². The van der Waals surface area contributed by atoms with E-state index in [1.165, 1.54) is 27.8 Å². The summed E-state index contributed by atoms with van der Waals surface area (Å²) in [6.07, 6.45) is 17.4. The molecule has 0 radical (unpaired) electrons. The fourth-order valence-electron chi connectivity index (χ4n) is 6.14. The molecule has 248 valence electrons. The lowest BCUT2D eigenvalue weighted by atomic mass is 9.92. The van der Waals surface area contributed by atoms with E-state index in [9.17, 15) is 0 Å². The first-order valence-corrected chi connectivity index (χ1v) is 17.4. The van der Waals surface area contributed by atoms with Crippen LogP contribution in [-0.2, 0) is 6.42 Å².